The fourth-order valence-corrected chi connectivity index (χ4v) is 5.18. The number of rotatable bonds is 7. The SMILES string of the molecule is COCCN1C[C@@H]2CN(CC(=O)N3CCCc4ccccc43)C(=O)N2[C@@H](CC(C)C)C1=O. The summed E-state index contributed by atoms with van der Waals surface area (Å²) in [7, 11) is 1.62. The summed E-state index contributed by atoms with van der Waals surface area (Å²) in [4.78, 5) is 46.7. The number of carbonyl (C=O) groups excluding carboxylic acids is 3. The Kier molecular flexibility index (Phi) is 6.69. The second-order valence-electron chi connectivity index (χ2n) is 9.42. The van der Waals surface area contributed by atoms with Crippen LogP contribution in [0.1, 0.15) is 32.3 Å². The number of benzene rings is 1. The number of ether oxygens (including phenoxy) is 1. The molecule has 1 aromatic rings. The number of urea groups is 1. The number of hydrogen-bond donors (Lipinski definition) is 0. The number of carbonyl (C=O) groups is 3. The van der Waals surface area contributed by atoms with Gasteiger partial charge >= 0.3 is 6.03 Å². The molecule has 1 aromatic carbocycles. The van der Waals surface area contributed by atoms with Crippen LogP contribution < -0.4 is 4.90 Å². The van der Waals surface area contributed by atoms with E-state index in [1.807, 2.05) is 28.0 Å². The van der Waals surface area contributed by atoms with Gasteiger partial charge in [-0.05, 0) is 36.8 Å². The zero-order valence-corrected chi connectivity index (χ0v) is 19.3. The molecular formula is C24H34N4O4. The third-order valence-corrected chi connectivity index (χ3v) is 6.68. The van der Waals surface area contributed by atoms with Gasteiger partial charge in [-0.1, -0.05) is 32.0 Å². The summed E-state index contributed by atoms with van der Waals surface area (Å²) < 4.78 is 5.18. The van der Waals surface area contributed by atoms with Gasteiger partial charge in [0.2, 0.25) is 11.8 Å². The summed E-state index contributed by atoms with van der Waals surface area (Å²) in [6.45, 7) is 6.78. The van der Waals surface area contributed by atoms with Gasteiger partial charge in [0, 0.05) is 39.0 Å². The highest BCUT2D eigenvalue weighted by Crippen LogP contribution is 2.30. The van der Waals surface area contributed by atoms with Gasteiger partial charge in [-0.15, -0.1) is 0 Å². The summed E-state index contributed by atoms with van der Waals surface area (Å²) in [5.41, 5.74) is 2.13. The van der Waals surface area contributed by atoms with Gasteiger partial charge < -0.3 is 24.3 Å². The van der Waals surface area contributed by atoms with E-state index in [0.717, 1.165) is 18.5 Å². The molecule has 4 rings (SSSR count). The molecule has 8 nitrogen and oxygen atoms in total. The Bertz CT molecular complexity index is 873. The van der Waals surface area contributed by atoms with Crippen molar-refractivity contribution in [1.82, 2.24) is 14.7 Å². The standard InChI is InChI=1S/C24H34N4O4/c1-17(2)13-21-23(30)25(11-12-32-3)14-19-15-26(24(31)28(19)21)16-22(29)27-10-6-8-18-7-4-5-9-20(18)27/h4-5,7,9,17,19,21H,6,8,10-16H2,1-3H3/t19-,21+/m1/s1. The second kappa shape index (κ2) is 9.48. The number of hydrogen-bond acceptors (Lipinski definition) is 4. The van der Waals surface area contributed by atoms with E-state index in [1.165, 1.54) is 5.56 Å². The average molecular weight is 443 g/mol. The third-order valence-electron chi connectivity index (χ3n) is 6.68. The fourth-order valence-electron chi connectivity index (χ4n) is 5.18. The number of amides is 4. The lowest BCUT2D eigenvalue weighted by Crippen LogP contribution is -2.61. The molecule has 32 heavy (non-hydrogen) atoms. The van der Waals surface area contributed by atoms with E-state index >= 15 is 0 Å². The molecule has 2 atom stereocenters. The Morgan fingerprint density at radius 3 is 2.66 bits per heavy atom. The molecule has 0 unspecified atom stereocenters. The topological polar surface area (TPSA) is 73.4 Å². The van der Waals surface area contributed by atoms with E-state index in [1.54, 1.807) is 16.9 Å². The lowest BCUT2D eigenvalue weighted by atomic mass is 9.97. The quantitative estimate of drug-likeness (QED) is 0.647. The molecule has 3 aliphatic rings. The lowest BCUT2D eigenvalue weighted by Gasteiger charge is -2.42. The zero-order chi connectivity index (χ0) is 22.8. The summed E-state index contributed by atoms with van der Waals surface area (Å²) in [6, 6.07) is 7.22. The van der Waals surface area contributed by atoms with Gasteiger partial charge in [0.1, 0.15) is 12.6 Å². The van der Waals surface area contributed by atoms with Crippen LogP contribution in [0.4, 0.5) is 10.5 Å². The molecule has 0 saturated carbocycles. The number of aryl methyl sites for hydroxylation is 1. The molecule has 0 bridgehead atoms. The van der Waals surface area contributed by atoms with Crippen molar-refractivity contribution >= 4 is 23.5 Å². The maximum Gasteiger partial charge on any atom is 0.321 e. The average Bonchev–Trinajstić information content (AvgIpc) is 3.08. The molecule has 0 aromatic heterocycles. The molecule has 0 spiro atoms. The van der Waals surface area contributed by atoms with E-state index < -0.39 is 6.04 Å². The van der Waals surface area contributed by atoms with E-state index in [4.69, 9.17) is 4.74 Å². The molecule has 2 saturated heterocycles. The Morgan fingerprint density at radius 1 is 1.16 bits per heavy atom. The van der Waals surface area contributed by atoms with E-state index in [2.05, 4.69) is 19.9 Å². The van der Waals surface area contributed by atoms with Crippen LogP contribution in [-0.2, 0) is 20.7 Å². The molecule has 3 aliphatic heterocycles. The Morgan fingerprint density at radius 2 is 1.91 bits per heavy atom. The van der Waals surface area contributed by atoms with Gasteiger partial charge in [0.15, 0.2) is 0 Å². The minimum atomic E-state index is -0.478. The van der Waals surface area contributed by atoms with Crippen LogP contribution in [0.2, 0.25) is 0 Å². The first kappa shape index (κ1) is 22.6. The van der Waals surface area contributed by atoms with Crippen LogP contribution in [0.3, 0.4) is 0 Å². The first-order valence-electron chi connectivity index (χ1n) is 11.6. The summed E-state index contributed by atoms with van der Waals surface area (Å²) in [6.07, 6.45) is 2.51. The molecular weight excluding hydrogens is 408 g/mol. The number of piperazine rings is 1. The number of fused-ring (bicyclic) bond motifs is 2. The Balaban J connectivity index is 1.50. The summed E-state index contributed by atoms with van der Waals surface area (Å²) in [5, 5.41) is 0. The molecule has 4 amide bonds. The third kappa shape index (κ3) is 4.33. The molecule has 2 fully saturated rings. The highest BCUT2D eigenvalue weighted by molar-refractivity contribution is 5.98. The number of nitrogens with zero attached hydrogens (tertiary/aromatic N) is 4. The van der Waals surface area contributed by atoms with Crippen molar-refractivity contribution in [1.29, 1.82) is 0 Å². The second-order valence-corrected chi connectivity index (χ2v) is 9.42. The monoisotopic (exact) mass is 442 g/mol. The predicted molar refractivity (Wildman–Crippen MR) is 121 cm³/mol. The van der Waals surface area contributed by atoms with Gasteiger partial charge in [0.25, 0.3) is 0 Å². The van der Waals surface area contributed by atoms with E-state index in [-0.39, 0.29) is 36.3 Å². The maximum absolute atomic E-state index is 13.3. The normalized spacial score (nSPS) is 23.1. The van der Waals surface area contributed by atoms with Crippen LogP contribution in [0.25, 0.3) is 0 Å². The Labute approximate surface area is 190 Å². The number of para-hydroxylation sites is 1. The minimum absolute atomic E-state index is 0.0153. The largest absolute Gasteiger partial charge is 0.383 e. The molecule has 0 N–H and O–H groups in total. The first-order chi connectivity index (χ1) is 15.4. The van der Waals surface area contributed by atoms with Crippen molar-refractivity contribution < 1.29 is 19.1 Å². The highest BCUT2D eigenvalue weighted by atomic mass is 16.5. The summed E-state index contributed by atoms with van der Waals surface area (Å²) in [5.74, 6) is 0.201. The maximum atomic E-state index is 13.3. The van der Waals surface area contributed by atoms with Crippen LogP contribution in [-0.4, -0.2) is 91.1 Å². The van der Waals surface area contributed by atoms with E-state index in [9.17, 15) is 14.4 Å². The lowest BCUT2D eigenvalue weighted by molar-refractivity contribution is -0.143. The van der Waals surface area contributed by atoms with Crippen molar-refractivity contribution in [2.45, 2.75) is 45.2 Å². The van der Waals surface area contributed by atoms with Gasteiger partial charge in [-0.3, -0.25) is 9.59 Å². The van der Waals surface area contributed by atoms with Crippen LogP contribution >= 0.6 is 0 Å². The fraction of sp³-hybridized carbons (Fsp3) is 0.625. The zero-order valence-electron chi connectivity index (χ0n) is 19.3. The molecule has 174 valence electrons. The van der Waals surface area contributed by atoms with E-state index in [0.29, 0.717) is 39.2 Å². The van der Waals surface area contributed by atoms with Crippen LogP contribution in [0, 0.1) is 5.92 Å². The number of anilines is 1. The van der Waals surface area contributed by atoms with Crippen molar-refractivity contribution in [3.8, 4) is 0 Å². The smallest absolute Gasteiger partial charge is 0.321 e. The van der Waals surface area contributed by atoms with Crippen molar-refractivity contribution in [2.75, 3.05) is 51.3 Å². The van der Waals surface area contributed by atoms with Gasteiger partial charge in [-0.25, -0.2) is 4.79 Å². The van der Waals surface area contributed by atoms with Crippen molar-refractivity contribution in [3.05, 3.63) is 29.8 Å². The van der Waals surface area contributed by atoms with Crippen LogP contribution in [0.5, 0.6) is 0 Å². The summed E-state index contributed by atoms with van der Waals surface area (Å²) >= 11 is 0. The van der Waals surface area contributed by atoms with Crippen molar-refractivity contribution in [3.63, 3.8) is 0 Å². The first-order valence-corrected chi connectivity index (χ1v) is 11.6. The van der Waals surface area contributed by atoms with Gasteiger partial charge in [0.05, 0.1) is 12.6 Å². The number of methoxy groups -OCH3 is 1. The minimum Gasteiger partial charge on any atom is -0.383 e. The predicted octanol–water partition coefficient (Wildman–Crippen LogP) is 1.98. The molecule has 8 heteroatoms. The molecule has 0 aliphatic carbocycles. The van der Waals surface area contributed by atoms with Gasteiger partial charge in [-0.2, -0.15) is 0 Å². The highest BCUT2D eigenvalue weighted by Gasteiger charge is 2.49. The molecule has 0 radical (unpaired) electrons. The van der Waals surface area contributed by atoms with Crippen molar-refractivity contribution in [2.24, 2.45) is 5.92 Å². The molecule has 3 heterocycles. The Hall–Kier alpha value is -2.61. The van der Waals surface area contributed by atoms with Crippen LogP contribution in [0.15, 0.2) is 24.3 Å².